The molecule has 0 N–H and O–H groups in total. The SMILES string of the molecule is O=C1OC(CC(=O)N2CCCc3cc(S(=O)(=O)N4CCCC4)ccc32)c2ccccc21. The first-order valence-electron chi connectivity index (χ1n) is 10.7. The molecule has 8 heteroatoms. The Morgan fingerprint density at radius 2 is 1.81 bits per heavy atom. The van der Waals surface area contributed by atoms with Crippen LogP contribution in [0.1, 0.15) is 53.3 Å². The highest BCUT2D eigenvalue weighted by atomic mass is 32.2. The number of fused-ring (bicyclic) bond motifs is 2. The van der Waals surface area contributed by atoms with Gasteiger partial charge in [0.25, 0.3) is 0 Å². The van der Waals surface area contributed by atoms with Gasteiger partial charge in [0.15, 0.2) is 0 Å². The first-order valence-corrected chi connectivity index (χ1v) is 12.1. The maximum absolute atomic E-state index is 13.1. The summed E-state index contributed by atoms with van der Waals surface area (Å²) < 4.78 is 32.8. The molecule has 31 heavy (non-hydrogen) atoms. The van der Waals surface area contributed by atoms with Crippen molar-refractivity contribution in [2.24, 2.45) is 0 Å². The van der Waals surface area contributed by atoms with Crippen molar-refractivity contribution < 1.29 is 22.7 Å². The van der Waals surface area contributed by atoms with Gasteiger partial charge in [-0.3, -0.25) is 4.79 Å². The summed E-state index contributed by atoms with van der Waals surface area (Å²) in [5.41, 5.74) is 2.86. The Morgan fingerprint density at radius 1 is 1.03 bits per heavy atom. The van der Waals surface area contributed by atoms with Crippen LogP contribution in [-0.4, -0.2) is 44.2 Å². The number of nitrogens with zero attached hydrogens (tertiary/aromatic N) is 2. The number of aryl methyl sites for hydroxylation is 1. The number of ether oxygens (including phenoxy) is 1. The lowest BCUT2D eigenvalue weighted by atomic mass is 9.99. The van der Waals surface area contributed by atoms with E-state index in [1.165, 1.54) is 4.31 Å². The molecule has 2 aromatic rings. The third-order valence-corrected chi connectivity index (χ3v) is 8.20. The lowest BCUT2D eigenvalue weighted by Gasteiger charge is -2.31. The summed E-state index contributed by atoms with van der Waals surface area (Å²) in [6.45, 7) is 1.68. The molecule has 7 nitrogen and oxygen atoms in total. The van der Waals surface area contributed by atoms with E-state index in [2.05, 4.69) is 0 Å². The van der Waals surface area contributed by atoms with Gasteiger partial charge in [-0.25, -0.2) is 13.2 Å². The number of amides is 1. The van der Waals surface area contributed by atoms with Crippen molar-refractivity contribution in [1.82, 2.24) is 4.31 Å². The maximum atomic E-state index is 13.1. The topological polar surface area (TPSA) is 84.0 Å². The quantitative estimate of drug-likeness (QED) is 0.683. The Kier molecular flexibility index (Phi) is 5.06. The third-order valence-electron chi connectivity index (χ3n) is 6.31. The Bertz CT molecular complexity index is 1150. The molecule has 1 saturated heterocycles. The first-order chi connectivity index (χ1) is 14.9. The molecule has 5 rings (SSSR count). The van der Waals surface area contributed by atoms with Crippen molar-refractivity contribution >= 4 is 27.6 Å². The summed E-state index contributed by atoms with van der Waals surface area (Å²) in [5.74, 6) is -0.533. The van der Waals surface area contributed by atoms with Crippen molar-refractivity contribution in [3.8, 4) is 0 Å². The van der Waals surface area contributed by atoms with E-state index < -0.39 is 22.1 Å². The number of sulfonamides is 1. The lowest BCUT2D eigenvalue weighted by Crippen LogP contribution is -2.36. The number of anilines is 1. The van der Waals surface area contributed by atoms with Crippen LogP contribution in [0.15, 0.2) is 47.4 Å². The average Bonchev–Trinajstić information content (AvgIpc) is 3.43. The molecule has 0 aliphatic carbocycles. The molecule has 0 saturated carbocycles. The predicted octanol–water partition coefficient (Wildman–Crippen LogP) is 3.05. The Morgan fingerprint density at radius 3 is 2.61 bits per heavy atom. The van der Waals surface area contributed by atoms with Crippen molar-refractivity contribution in [2.75, 3.05) is 24.5 Å². The van der Waals surface area contributed by atoms with Crippen LogP contribution >= 0.6 is 0 Å². The van der Waals surface area contributed by atoms with E-state index in [0.717, 1.165) is 42.5 Å². The number of cyclic esters (lactones) is 1. The number of benzene rings is 2. The van der Waals surface area contributed by atoms with E-state index in [1.807, 2.05) is 12.1 Å². The molecule has 3 aliphatic heterocycles. The van der Waals surface area contributed by atoms with Crippen molar-refractivity contribution in [1.29, 1.82) is 0 Å². The van der Waals surface area contributed by atoms with Gasteiger partial charge in [-0.05, 0) is 55.5 Å². The van der Waals surface area contributed by atoms with E-state index in [0.29, 0.717) is 30.1 Å². The molecule has 3 aliphatic rings. The van der Waals surface area contributed by atoms with Crippen LogP contribution in [0.25, 0.3) is 0 Å². The number of hydrogen-bond donors (Lipinski definition) is 0. The Balaban J connectivity index is 1.38. The van der Waals surface area contributed by atoms with Crippen molar-refractivity contribution in [3.05, 3.63) is 59.2 Å². The zero-order chi connectivity index (χ0) is 21.6. The molecule has 1 fully saturated rings. The van der Waals surface area contributed by atoms with E-state index in [-0.39, 0.29) is 12.3 Å². The molecule has 2 aromatic carbocycles. The van der Waals surface area contributed by atoms with Gasteiger partial charge in [-0.1, -0.05) is 18.2 Å². The summed E-state index contributed by atoms with van der Waals surface area (Å²) in [5, 5.41) is 0. The highest BCUT2D eigenvalue weighted by Crippen LogP contribution is 2.36. The van der Waals surface area contributed by atoms with Gasteiger partial charge < -0.3 is 9.64 Å². The number of hydrogen-bond acceptors (Lipinski definition) is 5. The van der Waals surface area contributed by atoms with Gasteiger partial charge in [-0.15, -0.1) is 0 Å². The maximum Gasteiger partial charge on any atom is 0.339 e. The molecule has 162 valence electrons. The number of rotatable bonds is 4. The molecule has 0 aromatic heterocycles. The molecule has 1 amide bonds. The van der Waals surface area contributed by atoms with Gasteiger partial charge in [0, 0.05) is 30.9 Å². The molecule has 1 atom stereocenters. The van der Waals surface area contributed by atoms with Crippen LogP contribution < -0.4 is 4.90 Å². The zero-order valence-corrected chi connectivity index (χ0v) is 17.9. The second kappa shape index (κ2) is 7.76. The lowest BCUT2D eigenvalue weighted by molar-refractivity contribution is -0.120. The molecule has 0 spiro atoms. The molecule has 0 radical (unpaired) electrons. The highest BCUT2D eigenvalue weighted by molar-refractivity contribution is 7.89. The smallest absolute Gasteiger partial charge is 0.339 e. The van der Waals surface area contributed by atoms with Crippen molar-refractivity contribution in [3.63, 3.8) is 0 Å². The van der Waals surface area contributed by atoms with Gasteiger partial charge in [0.2, 0.25) is 15.9 Å². The number of carbonyl (C=O) groups excluding carboxylic acids is 2. The van der Waals surface area contributed by atoms with Crippen LogP contribution in [-0.2, 0) is 26.0 Å². The van der Waals surface area contributed by atoms with Gasteiger partial charge in [-0.2, -0.15) is 4.31 Å². The minimum absolute atomic E-state index is 0.0655. The van der Waals surface area contributed by atoms with E-state index in [9.17, 15) is 18.0 Å². The van der Waals surface area contributed by atoms with Crippen LogP contribution in [0.2, 0.25) is 0 Å². The Labute approximate surface area is 181 Å². The summed E-state index contributed by atoms with van der Waals surface area (Å²) in [6.07, 6.45) is 2.74. The standard InChI is InChI=1S/C23H24N2O5S/c26-22(15-21-18-7-1-2-8-19(18)23(27)30-21)25-13-5-6-16-14-17(9-10-20(16)25)31(28,29)24-11-3-4-12-24/h1-2,7-10,14,21H,3-6,11-13,15H2. The average molecular weight is 441 g/mol. The first kappa shape index (κ1) is 20.2. The van der Waals surface area contributed by atoms with Crippen molar-refractivity contribution in [2.45, 2.75) is 43.1 Å². The molecule has 1 unspecified atom stereocenters. The normalized spacial score (nSPS) is 21.0. The fourth-order valence-electron chi connectivity index (χ4n) is 4.71. The second-order valence-electron chi connectivity index (χ2n) is 8.24. The minimum Gasteiger partial charge on any atom is -0.453 e. The fourth-order valence-corrected chi connectivity index (χ4v) is 6.28. The largest absolute Gasteiger partial charge is 0.453 e. The number of carbonyl (C=O) groups is 2. The van der Waals surface area contributed by atoms with Gasteiger partial charge in [0.1, 0.15) is 6.10 Å². The molecular formula is C23H24N2O5S. The third kappa shape index (κ3) is 3.53. The minimum atomic E-state index is -3.50. The van der Waals surface area contributed by atoms with Crippen LogP contribution in [0.5, 0.6) is 0 Å². The zero-order valence-electron chi connectivity index (χ0n) is 17.1. The summed E-state index contributed by atoms with van der Waals surface area (Å²) in [4.78, 5) is 27.2. The summed E-state index contributed by atoms with van der Waals surface area (Å²) in [7, 11) is -3.50. The van der Waals surface area contributed by atoms with Gasteiger partial charge in [0.05, 0.1) is 16.9 Å². The van der Waals surface area contributed by atoms with Crippen LogP contribution in [0.3, 0.4) is 0 Å². The van der Waals surface area contributed by atoms with Crippen LogP contribution in [0.4, 0.5) is 5.69 Å². The van der Waals surface area contributed by atoms with E-state index in [4.69, 9.17) is 4.74 Å². The van der Waals surface area contributed by atoms with E-state index in [1.54, 1.807) is 35.2 Å². The number of esters is 1. The summed E-state index contributed by atoms with van der Waals surface area (Å²) >= 11 is 0. The summed E-state index contributed by atoms with van der Waals surface area (Å²) in [6, 6.07) is 12.2. The molecular weight excluding hydrogens is 416 g/mol. The Hall–Kier alpha value is -2.71. The van der Waals surface area contributed by atoms with Gasteiger partial charge >= 0.3 is 5.97 Å². The predicted molar refractivity (Wildman–Crippen MR) is 114 cm³/mol. The highest BCUT2D eigenvalue weighted by Gasteiger charge is 2.35. The van der Waals surface area contributed by atoms with E-state index >= 15 is 0 Å². The monoisotopic (exact) mass is 440 g/mol. The van der Waals surface area contributed by atoms with Crippen LogP contribution in [0, 0.1) is 0 Å². The fraction of sp³-hybridized carbons (Fsp3) is 0.391. The molecule has 3 heterocycles. The molecule has 0 bridgehead atoms. The second-order valence-corrected chi connectivity index (χ2v) is 10.2.